The lowest BCUT2D eigenvalue weighted by Gasteiger charge is -2.09. The lowest BCUT2D eigenvalue weighted by molar-refractivity contribution is -0.144. The molecule has 10 heteroatoms. The van der Waals surface area contributed by atoms with Crippen molar-refractivity contribution in [1.82, 2.24) is 0 Å². The first-order chi connectivity index (χ1) is 27.3. The molecule has 0 aliphatic heterocycles. The first-order valence-corrected chi connectivity index (χ1v) is 18.0. The highest BCUT2D eigenvalue weighted by molar-refractivity contribution is 5.92. The van der Waals surface area contributed by atoms with Crippen molar-refractivity contribution >= 4 is 23.9 Å². The third-order valence-electron chi connectivity index (χ3n) is 8.43. The average molecular weight is 819 g/mol. The Balaban J connectivity index is 0.00000450. The van der Waals surface area contributed by atoms with Crippen LogP contribution in [0.15, 0.2) is 147 Å². The topological polar surface area (TPSA) is 124 Å². The second-order valence-electron chi connectivity index (χ2n) is 12.4. The van der Waals surface area contributed by atoms with Gasteiger partial charge in [0, 0.05) is 12.2 Å². The van der Waals surface area contributed by atoms with Crippen LogP contribution in [0.25, 0.3) is 22.3 Å². The van der Waals surface area contributed by atoms with Crippen molar-refractivity contribution in [2.75, 3.05) is 20.0 Å². The molecule has 5 aromatic carbocycles. The van der Waals surface area contributed by atoms with Gasteiger partial charge < -0.3 is 28.4 Å². The summed E-state index contributed by atoms with van der Waals surface area (Å²) >= 11 is 0. The number of esters is 4. The molecule has 5 aromatic rings. The summed E-state index contributed by atoms with van der Waals surface area (Å²) in [7, 11) is 0. The standard InChI is InChI=1S/C46H42O10.4CH4/c1-3-43(47)53-31-33-9-11-34(12-10-33)35-13-17-38(18-14-35)45(49)52-30-8-6-5-7-29-51-40-25-27-42(28-26-40)56-46(50)39-19-15-36(16-20-39)37-21-23-41(24-22-37)54-32-55-44(48)4-2;;;;/h3-4,9-28H,1-2,5-8,29-32H2;4*1H4. The number of carbonyl (C=O) groups excluding carboxylic acids is 4. The molecular weight excluding hydrogens is 761 g/mol. The molecule has 0 saturated carbocycles. The van der Waals surface area contributed by atoms with Gasteiger partial charge in [0.1, 0.15) is 23.9 Å². The first kappa shape index (κ1) is 51.1. The van der Waals surface area contributed by atoms with E-state index in [0.717, 1.165) is 65.7 Å². The molecule has 0 atom stereocenters. The summed E-state index contributed by atoms with van der Waals surface area (Å²) in [6.07, 6.45) is 5.61. The van der Waals surface area contributed by atoms with Gasteiger partial charge in [0.25, 0.3) is 0 Å². The van der Waals surface area contributed by atoms with Crippen LogP contribution < -0.4 is 14.2 Å². The van der Waals surface area contributed by atoms with Gasteiger partial charge in [-0.25, -0.2) is 19.2 Å². The van der Waals surface area contributed by atoms with Gasteiger partial charge in [0.2, 0.25) is 6.79 Å². The zero-order chi connectivity index (χ0) is 39.5. The smallest absolute Gasteiger partial charge is 0.343 e. The van der Waals surface area contributed by atoms with Crippen molar-refractivity contribution < 1.29 is 47.6 Å². The molecule has 0 bridgehead atoms. The molecule has 0 N–H and O–H groups in total. The van der Waals surface area contributed by atoms with Crippen LogP contribution in [0.1, 0.15) is 81.7 Å². The van der Waals surface area contributed by atoms with E-state index in [1.165, 1.54) is 0 Å². The summed E-state index contributed by atoms with van der Waals surface area (Å²) in [6, 6.07) is 36.1. The van der Waals surface area contributed by atoms with Crippen molar-refractivity contribution in [3.05, 3.63) is 163 Å². The fourth-order valence-electron chi connectivity index (χ4n) is 5.33. The lowest BCUT2D eigenvalue weighted by Crippen LogP contribution is -2.08. The van der Waals surface area contributed by atoms with E-state index in [2.05, 4.69) is 13.2 Å². The van der Waals surface area contributed by atoms with Crippen LogP contribution in [0.3, 0.4) is 0 Å². The zero-order valence-electron chi connectivity index (χ0n) is 30.9. The average Bonchev–Trinajstić information content (AvgIpc) is 3.24. The zero-order valence-corrected chi connectivity index (χ0v) is 30.9. The number of rotatable bonds is 20. The number of hydrogen-bond donors (Lipinski definition) is 0. The van der Waals surface area contributed by atoms with E-state index in [-0.39, 0.29) is 49.1 Å². The van der Waals surface area contributed by atoms with Crippen LogP contribution in [0.2, 0.25) is 0 Å². The predicted octanol–water partition coefficient (Wildman–Crippen LogP) is 11.9. The van der Waals surface area contributed by atoms with Crippen LogP contribution >= 0.6 is 0 Å². The summed E-state index contributed by atoms with van der Waals surface area (Å²) in [5.41, 5.74) is 5.53. The minimum Gasteiger partial charge on any atom is -0.494 e. The van der Waals surface area contributed by atoms with E-state index in [1.54, 1.807) is 60.7 Å². The molecule has 5 rings (SSSR count). The molecule has 0 heterocycles. The fourth-order valence-corrected chi connectivity index (χ4v) is 5.33. The van der Waals surface area contributed by atoms with Gasteiger partial charge in [-0.2, -0.15) is 0 Å². The Bertz CT molecular complexity index is 2070. The highest BCUT2D eigenvalue weighted by atomic mass is 16.7. The van der Waals surface area contributed by atoms with E-state index in [0.29, 0.717) is 41.6 Å². The van der Waals surface area contributed by atoms with Gasteiger partial charge in [0.15, 0.2) is 0 Å². The molecule has 0 unspecified atom stereocenters. The Morgan fingerprint density at radius 3 is 1.38 bits per heavy atom. The van der Waals surface area contributed by atoms with E-state index < -0.39 is 17.9 Å². The lowest BCUT2D eigenvalue weighted by atomic mass is 10.0. The molecule has 318 valence electrons. The Hall–Kier alpha value is -6.94. The minimum atomic E-state index is -0.559. The van der Waals surface area contributed by atoms with Gasteiger partial charge in [-0.1, -0.05) is 104 Å². The van der Waals surface area contributed by atoms with Gasteiger partial charge in [-0.05, 0) is 114 Å². The second-order valence-corrected chi connectivity index (χ2v) is 12.4. The summed E-state index contributed by atoms with van der Waals surface area (Å²) in [5.74, 6) is -0.231. The minimum absolute atomic E-state index is 0. The maximum atomic E-state index is 12.7. The molecule has 0 amide bonds. The highest BCUT2D eigenvalue weighted by Crippen LogP contribution is 2.25. The molecule has 0 saturated heterocycles. The molecule has 0 spiro atoms. The van der Waals surface area contributed by atoms with Crippen molar-refractivity contribution in [3.63, 3.8) is 0 Å². The number of unbranched alkanes of at least 4 members (excludes halogenated alkanes) is 3. The normalized spacial score (nSPS) is 9.73. The molecule has 0 aromatic heterocycles. The van der Waals surface area contributed by atoms with Crippen LogP contribution in [-0.2, 0) is 30.4 Å². The number of ether oxygens (including phenoxy) is 6. The molecule has 0 aliphatic rings. The molecule has 0 fully saturated rings. The van der Waals surface area contributed by atoms with Crippen LogP contribution in [0.5, 0.6) is 17.2 Å². The summed E-state index contributed by atoms with van der Waals surface area (Å²) in [4.78, 5) is 47.6. The van der Waals surface area contributed by atoms with E-state index >= 15 is 0 Å². The van der Waals surface area contributed by atoms with E-state index in [9.17, 15) is 19.2 Å². The largest absolute Gasteiger partial charge is 0.494 e. The summed E-state index contributed by atoms with van der Waals surface area (Å²) < 4.78 is 32.1. The number of benzene rings is 5. The Morgan fingerprint density at radius 1 is 0.433 bits per heavy atom. The molecule has 0 aliphatic carbocycles. The third kappa shape index (κ3) is 16.1. The SMILES string of the molecule is C.C.C.C.C=CC(=O)OCOc1ccc(-c2ccc(C(=O)Oc3ccc(OCCCCCCOC(=O)c4ccc(-c5ccc(COC(=O)C=C)cc5)cc4)cc3)cc2)cc1. The van der Waals surface area contributed by atoms with Crippen LogP contribution in [0.4, 0.5) is 0 Å². The van der Waals surface area contributed by atoms with Gasteiger partial charge in [-0.3, -0.25) is 0 Å². The molecule has 0 radical (unpaired) electrons. The van der Waals surface area contributed by atoms with Gasteiger partial charge in [-0.15, -0.1) is 0 Å². The molecule has 60 heavy (non-hydrogen) atoms. The Labute approximate surface area is 355 Å². The van der Waals surface area contributed by atoms with E-state index in [4.69, 9.17) is 28.4 Å². The summed E-state index contributed by atoms with van der Waals surface area (Å²) in [5, 5.41) is 0. The maximum absolute atomic E-state index is 12.7. The number of carbonyl (C=O) groups is 4. The van der Waals surface area contributed by atoms with Gasteiger partial charge in [0.05, 0.1) is 24.3 Å². The van der Waals surface area contributed by atoms with Crippen molar-refractivity contribution in [2.45, 2.75) is 62.0 Å². The van der Waals surface area contributed by atoms with Crippen LogP contribution in [-0.4, -0.2) is 43.9 Å². The number of hydrogen-bond acceptors (Lipinski definition) is 10. The summed E-state index contributed by atoms with van der Waals surface area (Å²) in [6.45, 7) is 7.56. The predicted molar refractivity (Wildman–Crippen MR) is 238 cm³/mol. The molecular formula is C50H58O10. The Morgan fingerprint density at radius 2 is 0.850 bits per heavy atom. The van der Waals surface area contributed by atoms with Crippen molar-refractivity contribution in [1.29, 1.82) is 0 Å². The maximum Gasteiger partial charge on any atom is 0.343 e. The quantitative estimate of drug-likeness (QED) is 0.0187. The monoisotopic (exact) mass is 818 g/mol. The fraction of sp³-hybridized carbons (Fsp3) is 0.240. The highest BCUT2D eigenvalue weighted by Gasteiger charge is 2.11. The Kier molecular flexibility index (Phi) is 22.9. The first-order valence-electron chi connectivity index (χ1n) is 18.0. The van der Waals surface area contributed by atoms with Crippen molar-refractivity contribution in [2.24, 2.45) is 0 Å². The third-order valence-corrected chi connectivity index (χ3v) is 8.43. The molecule has 10 nitrogen and oxygen atoms in total. The van der Waals surface area contributed by atoms with Crippen molar-refractivity contribution in [3.8, 4) is 39.5 Å². The van der Waals surface area contributed by atoms with Crippen LogP contribution in [0, 0.1) is 0 Å². The van der Waals surface area contributed by atoms with Gasteiger partial charge >= 0.3 is 23.9 Å². The van der Waals surface area contributed by atoms with E-state index in [1.807, 2.05) is 60.7 Å². The second kappa shape index (κ2) is 26.9.